The van der Waals surface area contributed by atoms with E-state index in [1.54, 1.807) is 23.0 Å². The molecule has 0 fully saturated rings. The van der Waals surface area contributed by atoms with E-state index in [9.17, 15) is 4.79 Å². The predicted octanol–water partition coefficient (Wildman–Crippen LogP) is 2.78. The van der Waals surface area contributed by atoms with Crippen molar-refractivity contribution in [1.82, 2.24) is 25.1 Å². The Hall–Kier alpha value is -2.76. The number of nitrogens with one attached hydrogen (secondary N) is 1. The van der Waals surface area contributed by atoms with Gasteiger partial charge in [0.1, 0.15) is 0 Å². The summed E-state index contributed by atoms with van der Waals surface area (Å²) in [5, 5.41) is 7.24. The van der Waals surface area contributed by atoms with Crippen molar-refractivity contribution in [3.63, 3.8) is 0 Å². The molecule has 0 bridgehead atoms. The number of carbonyl (C=O) groups is 1. The molecule has 0 aliphatic rings. The summed E-state index contributed by atoms with van der Waals surface area (Å²) in [6.45, 7) is 7.79. The van der Waals surface area contributed by atoms with E-state index in [-0.39, 0.29) is 11.9 Å². The maximum atomic E-state index is 12.6. The Kier molecular flexibility index (Phi) is 4.05. The van der Waals surface area contributed by atoms with Gasteiger partial charge >= 0.3 is 0 Å². The van der Waals surface area contributed by atoms with Gasteiger partial charge in [0.25, 0.3) is 5.91 Å². The summed E-state index contributed by atoms with van der Waals surface area (Å²) in [4.78, 5) is 21.6. The molecule has 1 atom stereocenters. The van der Waals surface area contributed by atoms with E-state index >= 15 is 0 Å². The van der Waals surface area contributed by atoms with Crippen molar-refractivity contribution in [2.24, 2.45) is 7.05 Å². The number of rotatable bonds is 3. The van der Waals surface area contributed by atoms with Crippen molar-refractivity contribution in [1.29, 1.82) is 0 Å². The van der Waals surface area contributed by atoms with Crippen molar-refractivity contribution >= 4 is 16.9 Å². The number of hydrogen-bond acceptors (Lipinski definition) is 4. The summed E-state index contributed by atoms with van der Waals surface area (Å²) in [7, 11) is 1.89. The fraction of sp³-hybridized carbons (Fsp3) is 0.333. The molecule has 1 amide bonds. The molecule has 6 nitrogen and oxygen atoms in total. The van der Waals surface area contributed by atoms with Crippen molar-refractivity contribution in [2.45, 2.75) is 33.7 Å². The molecule has 24 heavy (non-hydrogen) atoms. The molecule has 0 saturated carbocycles. The molecule has 124 valence electrons. The predicted molar refractivity (Wildman–Crippen MR) is 92.8 cm³/mol. The van der Waals surface area contributed by atoms with Crippen LogP contribution in [0.1, 0.15) is 46.0 Å². The second-order valence-electron chi connectivity index (χ2n) is 6.10. The zero-order valence-corrected chi connectivity index (χ0v) is 14.6. The SMILES string of the molecule is Cc1nc2ccc(C(=O)NC(C)c3cnn(C)c3C)cc2nc1C. The number of fused-ring (bicyclic) bond motifs is 1. The highest BCUT2D eigenvalue weighted by atomic mass is 16.1. The minimum Gasteiger partial charge on any atom is -0.345 e. The molecule has 0 spiro atoms. The number of nitrogens with zero attached hydrogens (tertiary/aromatic N) is 4. The monoisotopic (exact) mass is 323 g/mol. The molecule has 2 aromatic heterocycles. The van der Waals surface area contributed by atoms with Crippen molar-refractivity contribution in [2.75, 3.05) is 0 Å². The largest absolute Gasteiger partial charge is 0.345 e. The molecule has 6 heteroatoms. The number of hydrogen-bond donors (Lipinski definition) is 1. The van der Waals surface area contributed by atoms with E-state index in [2.05, 4.69) is 20.4 Å². The molecule has 0 aliphatic heterocycles. The fourth-order valence-electron chi connectivity index (χ4n) is 2.67. The lowest BCUT2D eigenvalue weighted by molar-refractivity contribution is 0.0940. The van der Waals surface area contributed by atoms with Crippen LogP contribution in [0.3, 0.4) is 0 Å². The third-order valence-corrected chi connectivity index (χ3v) is 4.42. The van der Waals surface area contributed by atoms with Gasteiger partial charge in [-0.25, -0.2) is 9.97 Å². The van der Waals surface area contributed by atoms with Crippen LogP contribution >= 0.6 is 0 Å². The van der Waals surface area contributed by atoms with Crippen LogP contribution in [0.15, 0.2) is 24.4 Å². The van der Waals surface area contributed by atoms with Gasteiger partial charge in [0.15, 0.2) is 0 Å². The molecule has 0 saturated heterocycles. The first-order valence-electron chi connectivity index (χ1n) is 7.91. The Morgan fingerprint density at radius 2 is 1.79 bits per heavy atom. The lowest BCUT2D eigenvalue weighted by Gasteiger charge is -2.14. The number of benzene rings is 1. The lowest BCUT2D eigenvalue weighted by atomic mass is 10.1. The smallest absolute Gasteiger partial charge is 0.251 e. The van der Waals surface area contributed by atoms with Gasteiger partial charge in [-0.3, -0.25) is 9.48 Å². The molecule has 3 rings (SSSR count). The number of aryl methyl sites for hydroxylation is 3. The normalized spacial score (nSPS) is 12.4. The maximum Gasteiger partial charge on any atom is 0.251 e. The second kappa shape index (κ2) is 6.03. The molecule has 1 aromatic carbocycles. The van der Waals surface area contributed by atoms with Gasteiger partial charge in [-0.15, -0.1) is 0 Å². The maximum absolute atomic E-state index is 12.6. The number of carbonyl (C=O) groups excluding carboxylic acids is 1. The first-order valence-corrected chi connectivity index (χ1v) is 7.91. The average molecular weight is 323 g/mol. The third-order valence-electron chi connectivity index (χ3n) is 4.42. The summed E-state index contributed by atoms with van der Waals surface area (Å²) in [5.41, 5.74) is 5.94. The van der Waals surface area contributed by atoms with Gasteiger partial charge in [0, 0.05) is 23.9 Å². The van der Waals surface area contributed by atoms with E-state index in [1.165, 1.54) is 0 Å². The van der Waals surface area contributed by atoms with E-state index in [0.717, 1.165) is 33.7 Å². The van der Waals surface area contributed by atoms with Gasteiger partial charge in [0.2, 0.25) is 0 Å². The zero-order chi connectivity index (χ0) is 17.4. The molecular weight excluding hydrogens is 302 g/mol. The van der Waals surface area contributed by atoms with Gasteiger partial charge in [-0.1, -0.05) is 0 Å². The van der Waals surface area contributed by atoms with E-state index in [1.807, 2.05) is 40.8 Å². The van der Waals surface area contributed by atoms with E-state index < -0.39 is 0 Å². The average Bonchev–Trinajstić information content (AvgIpc) is 2.87. The first-order chi connectivity index (χ1) is 11.4. The van der Waals surface area contributed by atoms with Crippen LogP contribution in [-0.4, -0.2) is 25.7 Å². The molecule has 3 aromatic rings. The van der Waals surface area contributed by atoms with Crippen LogP contribution in [0.2, 0.25) is 0 Å². The van der Waals surface area contributed by atoms with Crippen LogP contribution in [0.25, 0.3) is 11.0 Å². The summed E-state index contributed by atoms with van der Waals surface area (Å²) in [6.07, 6.45) is 1.79. The topological polar surface area (TPSA) is 72.7 Å². The summed E-state index contributed by atoms with van der Waals surface area (Å²) in [6, 6.07) is 5.29. The van der Waals surface area contributed by atoms with Crippen molar-refractivity contribution in [3.8, 4) is 0 Å². The van der Waals surface area contributed by atoms with E-state index in [4.69, 9.17) is 0 Å². The van der Waals surface area contributed by atoms with Gasteiger partial charge in [0.05, 0.1) is 34.7 Å². The number of amides is 1. The van der Waals surface area contributed by atoms with Crippen LogP contribution in [0.5, 0.6) is 0 Å². The first kappa shape index (κ1) is 16.1. The number of aromatic nitrogens is 4. The lowest BCUT2D eigenvalue weighted by Crippen LogP contribution is -2.27. The Morgan fingerprint density at radius 3 is 2.42 bits per heavy atom. The van der Waals surface area contributed by atoms with Gasteiger partial charge in [-0.05, 0) is 45.9 Å². The molecule has 0 radical (unpaired) electrons. The highest BCUT2D eigenvalue weighted by Gasteiger charge is 2.16. The zero-order valence-electron chi connectivity index (χ0n) is 14.6. The quantitative estimate of drug-likeness (QED) is 0.804. The molecule has 1 N–H and O–H groups in total. The van der Waals surface area contributed by atoms with Gasteiger partial charge < -0.3 is 5.32 Å². The molecule has 1 unspecified atom stereocenters. The Balaban J connectivity index is 1.85. The highest BCUT2D eigenvalue weighted by Crippen LogP contribution is 2.18. The molecule has 2 heterocycles. The van der Waals surface area contributed by atoms with E-state index in [0.29, 0.717) is 5.56 Å². The van der Waals surface area contributed by atoms with Crippen LogP contribution in [-0.2, 0) is 7.05 Å². The second-order valence-corrected chi connectivity index (χ2v) is 6.10. The Bertz CT molecular complexity index is 929. The van der Waals surface area contributed by atoms with Crippen LogP contribution < -0.4 is 5.32 Å². The summed E-state index contributed by atoms with van der Waals surface area (Å²) < 4.78 is 1.80. The molecule has 0 aliphatic carbocycles. The minimum atomic E-state index is -0.132. The Morgan fingerprint density at radius 1 is 1.12 bits per heavy atom. The van der Waals surface area contributed by atoms with Crippen LogP contribution in [0.4, 0.5) is 0 Å². The third kappa shape index (κ3) is 2.87. The highest BCUT2D eigenvalue weighted by molar-refractivity contribution is 5.97. The van der Waals surface area contributed by atoms with Crippen molar-refractivity contribution < 1.29 is 4.79 Å². The standard InChI is InChI=1S/C18H21N5O/c1-10-11(2)21-17-8-14(6-7-16(17)20-10)18(24)22-12(3)15-9-19-23(5)13(15)4/h6-9,12H,1-5H3,(H,22,24). The molecular formula is C18H21N5O. The Labute approximate surface area is 140 Å². The van der Waals surface area contributed by atoms with Crippen molar-refractivity contribution in [3.05, 3.63) is 52.6 Å². The van der Waals surface area contributed by atoms with Gasteiger partial charge in [-0.2, -0.15) is 5.10 Å². The minimum absolute atomic E-state index is 0.118. The fourth-order valence-corrected chi connectivity index (χ4v) is 2.67. The summed E-state index contributed by atoms with van der Waals surface area (Å²) in [5.74, 6) is -0.132. The summed E-state index contributed by atoms with van der Waals surface area (Å²) >= 11 is 0. The van der Waals surface area contributed by atoms with Crippen LogP contribution in [0, 0.1) is 20.8 Å².